The summed E-state index contributed by atoms with van der Waals surface area (Å²) < 4.78 is 0. The number of hydrogen-bond acceptors (Lipinski definition) is 2. The molecule has 2 nitrogen and oxygen atoms in total. The maximum Gasteiger partial charge on any atom is 0.0725 e. The number of nitrogens with zero attached hydrogens (tertiary/aromatic N) is 1. The summed E-state index contributed by atoms with van der Waals surface area (Å²) in [5.74, 6) is 0. The molecule has 0 spiro atoms. The van der Waals surface area contributed by atoms with E-state index in [4.69, 9.17) is 0 Å². The number of rotatable bonds is 4. The number of nitrogens with one attached hydrogen (secondary N) is 1. The second-order valence-corrected chi connectivity index (χ2v) is 4.40. The molecule has 0 aliphatic carbocycles. The molecular weight excluding hydrogens is 208 g/mol. The standard InChI is InChI=1S/C15H18N2/c1-4-7-11(2)16-15-10-12(3)17-14-9-6-5-8-13(14)15/h4-6,8-11H,1,7H2,2-3H3,(H,16,17). The third-order valence-electron chi connectivity index (χ3n) is 2.77. The molecule has 0 saturated heterocycles. The van der Waals surface area contributed by atoms with Gasteiger partial charge in [-0.1, -0.05) is 24.3 Å². The Morgan fingerprint density at radius 1 is 1.41 bits per heavy atom. The van der Waals surface area contributed by atoms with Crippen molar-refractivity contribution in [3.8, 4) is 0 Å². The van der Waals surface area contributed by atoms with Gasteiger partial charge in [-0.3, -0.25) is 4.98 Å². The van der Waals surface area contributed by atoms with Crippen molar-refractivity contribution in [3.05, 3.63) is 48.7 Å². The Morgan fingerprint density at radius 3 is 2.94 bits per heavy atom. The lowest BCUT2D eigenvalue weighted by Gasteiger charge is -2.15. The molecule has 1 heterocycles. The zero-order chi connectivity index (χ0) is 12.3. The molecule has 1 aromatic carbocycles. The molecule has 1 unspecified atom stereocenters. The van der Waals surface area contributed by atoms with Crippen LogP contribution in [0.3, 0.4) is 0 Å². The summed E-state index contributed by atoms with van der Waals surface area (Å²) in [6, 6.07) is 10.7. The Labute approximate surface area is 102 Å². The van der Waals surface area contributed by atoms with Crippen LogP contribution in [-0.2, 0) is 0 Å². The molecule has 2 heteroatoms. The van der Waals surface area contributed by atoms with Crippen LogP contribution in [0.2, 0.25) is 0 Å². The van der Waals surface area contributed by atoms with Gasteiger partial charge in [0, 0.05) is 22.8 Å². The van der Waals surface area contributed by atoms with Gasteiger partial charge < -0.3 is 5.32 Å². The third kappa shape index (κ3) is 2.64. The highest BCUT2D eigenvalue weighted by Crippen LogP contribution is 2.23. The first-order valence-electron chi connectivity index (χ1n) is 5.94. The van der Waals surface area contributed by atoms with Crippen molar-refractivity contribution in [2.75, 3.05) is 5.32 Å². The Kier molecular flexibility index (Phi) is 3.43. The zero-order valence-corrected chi connectivity index (χ0v) is 10.4. The summed E-state index contributed by atoms with van der Waals surface area (Å²) in [5.41, 5.74) is 3.24. The van der Waals surface area contributed by atoms with E-state index in [0.29, 0.717) is 6.04 Å². The van der Waals surface area contributed by atoms with Crippen molar-refractivity contribution in [1.82, 2.24) is 4.98 Å². The van der Waals surface area contributed by atoms with E-state index in [1.165, 1.54) is 5.39 Å². The van der Waals surface area contributed by atoms with Gasteiger partial charge in [0.25, 0.3) is 0 Å². The molecule has 2 rings (SSSR count). The highest BCUT2D eigenvalue weighted by atomic mass is 14.9. The van der Waals surface area contributed by atoms with Crippen LogP contribution in [0, 0.1) is 6.92 Å². The highest BCUT2D eigenvalue weighted by molar-refractivity contribution is 5.91. The quantitative estimate of drug-likeness (QED) is 0.799. The largest absolute Gasteiger partial charge is 0.382 e. The van der Waals surface area contributed by atoms with Crippen LogP contribution in [0.1, 0.15) is 19.0 Å². The van der Waals surface area contributed by atoms with Gasteiger partial charge in [-0.25, -0.2) is 0 Å². The van der Waals surface area contributed by atoms with Crippen LogP contribution >= 0.6 is 0 Å². The topological polar surface area (TPSA) is 24.9 Å². The van der Waals surface area contributed by atoms with Gasteiger partial charge in [0.15, 0.2) is 0 Å². The Hall–Kier alpha value is -1.83. The van der Waals surface area contributed by atoms with Crippen LogP contribution in [0.5, 0.6) is 0 Å². The number of hydrogen-bond donors (Lipinski definition) is 1. The van der Waals surface area contributed by atoms with Gasteiger partial charge in [-0.05, 0) is 32.4 Å². The molecule has 0 saturated carbocycles. The third-order valence-corrected chi connectivity index (χ3v) is 2.77. The summed E-state index contributed by atoms with van der Waals surface area (Å²) in [6.07, 6.45) is 2.89. The fraction of sp³-hybridized carbons (Fsp3) is 0.267. The number of aryl methyl sites for hydroxylation is 1. The number of benzene rings is 1. The molecule has 0 bridgehead atoms. The molecule has 1 atom stereocenters. The van der Waals surface area contributed by atoms with E-state index in [-0.39, 0.29) is 0 Å². The second kappa shape index (κ2) is 5.00. The SMILES string of the molecule is C=CCC(C)Nc1cc(C)nc2ccccc12. The normalized spacial score (nSPS) is 12.4. The minimum atomic E-state index is 0.387. The first-order chi connectivity index (χ1) is 8.20. The van der Waals surface area contributed by atoms with Crippen LogP contribution in [0.4, 0.5) is 5.69 Å². The van der Waals surface area contributed by atoms with E-state index in [2.05, 4.69) is 35.9 Å². The molecule has 17 heavy (non-hydrogen) atoms. The summed E-state index contributed by atoms with van der Waals surface area (Å²) in [5, 5.41) is 4.69. The highest BCUT2D eigenvalue weighted by Gasteiger charge is 2.05. The van der Waals surface area contributed by atoms with Gasteiger partial charge >= 0.3 is 0 Å². The zero-order valence-electron chi connectivity index (χ0n) is 10.4. The Bertz CT molecular complexity index is 531. The number of anilines is 1. The van der Waals surface area contributed by atoms with Crippen molar-refractivity contribution in [1.29, 1.82) is 0 Å². The lowest BCUT2D eigenvalue weighted by atomic mass is 10.1. The Balaban J connectivity index is 2.41. The average Bonchev–Trinajstić information content (AvgIpc) is 2.29. The van der Waals surface area contributed by atoms with Crippen LogP contribution in [0.25, 0.3) is 10.9 Å². The minimum Gasteiger partial charge on any atom is -0.382 e. The molecule has 2 aromatic rings. The first kappa shape index (κ1) is 11.6. The fourth-order valence-corrected chi connectivity index (χ4v) is 2.00. The lowest BCUT2D eigenvalue weighted by molar-refractivity contribution is 0.815. The first-order valence-corrected chi connectivity index (χ1v) is 5.94. The van der Waals surface area contributed by atoms with Crippen molar-refractivity contribution in [2.24, 2.45) is 0 Å². The summed E-state index contributed by atoms with van der Waals surface area (Å²) in [4.78, 5) is 4.53. The molecular formula is C15H18N2. The minimum absolute atomic E-state index is 0.387. The molecule has 88 valence electrons. The molecule has 0 aliphatic heterocycles. The van der Waals surface area contributed by atoms with Gasteiger partial charge in [-0.15, -0.1) is 6.58 Å². The molecule has 0 radical (unpaired) electrons. The lowest BCUT2D eigenvalue weighted by Crippen LogP contribution is -2.14. The predicted octanol–water partition coefficient (Wildman–Crippen LogP) is 3.92. The van der Waals surface area contributed by atoms with E-state index in [1.54, 1.807) is 0 Å². The molecule has 1 N–H and O–H groups in total. The van der Waals surface area contributed by atoms with Gasteiger partial charge in [-0.2, -0.15) is 0 Å². The van der Waals surface area contributed by atoms with Crippen molar-refractivity contribution in [2.45, 2.75) is 26.3 Å². The van der Waals surface area contributed by atoms with E-state index < -0.39 is 0 Å². The van der Waals surface area contributed by atoms with Crippen LogP contribution in [-0.4, -0.2) is 11.0 Å². The van der Waals surface area contributed by atoms with Crippen LogP contribution in [0.15, 0.2) is 43.0 Å². The molecule has 1 aromatic heterocycles. The van der Waals surface area contributed by atoms with Gasteiger partial charge in [0.2, 0.25) is 0 Å². The maximum absolute atomic E-state index is 4.53. The predicted molar refractivity (Wildman–Crippen MR) is 74.4 cm³/mol. The number of pyridine rings is 1. The Morgan fingerprint density at radius 2 is 2.18 bits per heavy atom. The summed E-state index contributed by atoms with van der Waals surface area (Å²) in [6.45, 7) is 7.95. The number of aromatic nitrogens is 1. The second-order valence-electron chi connectivity index (χ2n) is 4.40. The van der Waals surface area contributed by atoms with Gasteiger partial charge in [0.1, 0.15) is 0 Å². The smallest absolute Gasteiger partial charge is 0.0725 e. The van der Waals surface area contributed by atoms with Gasteiger partial charge in [0.05, 0.1) is 5.52 Å². The van der Waals surface area contributed by atoms with E-state index >= 15 is 0 Å². The monoisotopic (exact) mass is 226 g/mol. The number of para-hydroxylation sites is 1. The fourth-order valence-electron chi connectivity index (χ4n) is 2.00. The van der Waals surface area contributed by atoms with E-state index in [0.717, 1.165) is 23.3 Å². The van der Waals surface area contributed by atoms with Crippen LogP contribution < -0.4 is 5.32 Å². The maximum atomic E-state index is 4.53. The molecule has 0 fully saturated rings. The van der Waals surface area contributed by atoms with Crippen molar-refractivity contribution >= 4 is 16.6 Å². The molecule has 0 amide bonds. The summed E-state index contributed by atoms with van der Waals surface area (Å²) >= 11 is 0. The van der Waals surface area contributed by atoms with Crippen molar-refractivity contribution in [3.63, 3.8) is 0 Å². The van der Waals surface area contributed by atoms with E-state index in [9.17, 15) is 0 Å². The molecule has 0 aliphatic rings. The van der Waals surface area contributed by atoms with Crippen molar-refractivity contribution < 1.29 is 0 Å². The summed E-state index contributed by atoms with van der Waals surface area (Å²) in [7, 11) is 0. The average molecular weight is 226 g/mol. The number of fused-ring (bicyclic) bond motifs is 1. The van der Waals surface area contributed by atoms with E-state index in [1.807, 2.05) is 31.2 Å².